The van der Waals surface area contributed by atoms with Gasteiger partial charge < -0.3 is 20.3 Å². The first-order valence-electron chi connectivity index (χ1n) is 14.9. The predicted molar refractivity (Wildman–Crippen MR) is 163 cm³/mol. The molecule has 226 valence electrons. The molecule has 2 N–H and O–H groups in total. The molecular weight excluding hydrogens is 538 g/mol. The van der Waals surface area contributed by atoms with Crippen molar-refractivity contribution >= 4 is 22.5 Å². The van der Waals surface area contributed by atoms with Crippen molar-refractivity contribution in [2.75, 3.05) is 32.1 Å². The van der Waals surface area contributed by atoms with Crippen molar-refractivity contribution in [3.8, 4) is 5.75 Å². The van der Waals surface area contributed by atoms with Gasteiger partial charge in [0.25, 0.3) is 5.56 Å². The van der Waals surface area contributed by atoms with Crippen molar-refractivity contribution in [2.45, 2.75) is 72.0 Å². The number of nitrogens with one attached hydrogen (secondary N) is 2. The molecule has 1 unspecified atom stereocenters. The maximum absolute atomic E-state index is 15.6. The Morgan fingerprint density at radius 2 is 2.02 bits per heavy atom. The van der Waals surface area contributed by atoms with Crippen LogP contribution in [-0.4, -0.2) is 59.2 Å². The molecule has 1 saturated heterocycles. The van der Waals surface area contributed by atoms with Gasteiger partial charge in [-0.3, -0.25) is 9.36 Å². The maximum atomic E-state index is 15.6. The highest BCUT2D eigenvalue weighted by Gasteiger charge is 2.33. The fraction of sp³-hybridized carbons (Fsp3) is 0.531. The largest absolute Gasteiger partial charge is 0.497 e. The molecule has 10 heteroatoms. The molecule has 3 aromatic rings. The summed E-state index contributed by atoms with van der Waals surface area (Å²) in [7, 11) is 1.48. The third kappa shape index (κ3) is 6.75. The Morgan fingerprint density at radius 1 is 1.21 bits per heavy atom. The van der Waals surface area contributed by atoms with Crippen LogP contribution in [0.3, 0.4) is 0 Å². The summed E-state index contributed by atoms with van der Waals surface area (Å²) < 4.78 is 36.4. The van der Waals surface area contributed by atoms with Crippen LogP contribution < -0.4 is 20.9 Å². The lowest BCUT2D eigenvalue weighted by Crippen LogP contribution is -2.53. The summed E-state index contributed by atoms with van der Waals surface area (Å²) in [4.78, 5) is 25.1. The second-order valence-corrected chi connectivity index (χ2v) is 12.6. The standard InChI is InChI=1S/C32H42F2N6O2/c1-20-17-32(3,4)10-8-27(20)37-31(39-13-11-35-21(2)18-39)38-29-16-28-24(15-26(29)34)30(41)40(19-36-28)12-9-22-6-7-23(42-5)14-25(22)33/h6-7,14-16,19-21,27,35H,8-13,17-18H2,1-5H3,(H,37,38)/t20-,21-,27?/m0/s1. The number of methoxy groups -OCH3 is 1. The minimum absolute atomic E-state index is 0.148. The van der Waals surface area contributed by atoms with Gasteiger partial charge >= 0.3 is 0 Å². The van der Waals surface area contributed by atoms with Crippen molar-refractivity contribution in [2.24, 2.45) is 16.3 Å². The van der Waals surface area contributed by atoms with Crippen LogP contribution in [-0.2, 0) is 13.0 Å². The first-order valence-corrected chi connectivity index (χ1v) is 14.9. The molecule has 3 atom stereocenters. The van der Waals surface area contributed by atoms with Gasteiger partial charge in [-0.2, -0.15) is 0 Å². The lowest BCUT2D eigenvalue weighted by Gasteiger charge is -2.39. The third-order valence-corrected chi connectivity index (χ3v) is 8.65. The molecule has 2 fully saturated rings. The number of fused-ring (bicyclic) bond motifs is 1. The Labute approximate surface area is 246 Å². The number of anilines is 1. The van der Waals surface area contributed by atoms with E-state index in [1.807, 2.05) is 0 Å². The molecule has 2 heterocycles. The second kappa shape index (κ2) is 12.4. The highest BCUT2D eigenvalue weighted by molar-refractivity contribution is 5.96. The zero-order chi connectivity index (χ0) is 30.0. The summed E-state index contributed by atoms with van der Waals surface area (Å²) in [5.74, 6) is 0.555. The van der Waals surface area contributed by atoms with Gasteiger partial charge in [0.05, 0.1) is 36.1 Å². The zero-order valence-corrected chi connectivity index (χ0v) is 25.2. The van der Waals surface area contributed by atoms with E-state index in [0.717, 1.165) is 38.9 Å². The van der Waals surface area contributed by atoms with Crippen molar-refractivity contribution in [1.29, 1.82) is 0 Å². The van der Waals surface area contributed by atoms with E-state index in [2.05, 4.69) is 48.2 Å². The van der Waals surface area contributed by atoms with E-state index in [9.17, 15) is 9.18 Å². The molecular formula is C32H42F2N6O2. The van der Waals surface area contributed by atoms with E-state index in [4.69, 9.17) is 9.73 Å². The molecule has 8 nitrogen and oxygen atoms in total. The van der Waals surface area contributed by atoms with Gasteiger partial charge in [-0.05, 0) is 67.7 Å². The number of hydrogen-bond acceptors (Lipinski definition) is 5. The molecule has 42 heavy (non-hydrogen) atoms. The zero-order valence-electron chi connectivity index (χ0n) is 25.2. The molecule has 2 aliphatic rings. The van der Waals surface area contributed by atoms with E-state index in [0.29, 0.717) is 34.1 Å². The minimum atomic E-state index is -0.547. The maximum Gasteiger partial charge on any atom is 0.261 e. The molecule has 5 rings (SSSR count). The highest BCUT2D eigenvalue weighted by atomic mass is 19.1. The van der Waals surface area contributed by atoms with Crippen molar-refractivity contribution < 1.29 is 13.5 Å². The molecule has 1 saturated carbocycles. The smallest absolute Gasteiger partial charge is 0.261 e. The molecule has 2 aromatic carbocycles. The van der Waals surface area contributed by atoms with Crippen LogP contribution in [0.25, 0.3) is 10.9 Å². The Kier molecular flexibility index (Phi) is 8.82. The second-order valence-electron chi connectivity index (χ2n) is 12.6. The van der Waals surface area contributed by atoms with Gasteiger partial charge in [0.2, 0.25) is 0 Å². The Bertz CT molecular complexity index is 1520. The topological polar surface area (TPSA) is 83.8 Å². The SMILES string of the molecule is COc1ccc(CCn2cnc3cc(NC(=NC4CCC(C)(C)C[C@@H]4C)N4CCN[C@@H](C)C4)c(F)cc3c2=O)c(F)c1. The van der Waals surface area contributed by atoms with Gasteiger partial charge in [-0.25, -0.2) is 18.8 Å². The summed E-state index contributed by atoms with van der Waals surface area (Å²) in [6.07, 6.45) is 4.90. The van der Waals surface area contributed by atoms with Crippen LogP contribution in [0.1, 0.15) is 52.5 Å². The molecule has 1 aliphatic heterocycles. The average molecular weight is 581 g/mol. The lowest BCUT2D eigenvalue weighted by atomic mass is 9.71. The Balaban J connectivity index is 1.40. The van der Waals surface area contributed by atoms with Gasteiger partial charge in [0.1, 0.15) is 17.4 Å². The first-order chi connectivity index (χ1) is 20.0. The van der Waals surface area contributed by atoms with Crippen LogP contribution in [0.5, 0.6) is 5.75 Å². The molecule has 0 bridgehead atoms. The van der Waals surface area contributed by atoms with Crippen molar-refractivity contribution in [3.05, 3.63) is 64.2 Å². The highest BCUT2D eigenvalue weighted by Crippen LogP contribution is 2.40. The quantitative estimate of drug-likeness (QED) is 0.308. The number of nitrogens with zero attached hydrogens (tertiary/aromatic N) is 4. The third-order valence-electron chi connectivity index (χ3n) is 8.65. The van der Waals surface area contributed by atoms with Gasteiger partial charge in [0.15, 0.2) is 5.96 Å². The van der Waals surface area contributed by atoms with Gasteiger partial charge in [-0.1, -0.05) is 26.8 Å². The summed E-state index contributed by atoms with van der Waals surface area (Å²) >= 11 is 0. The predicted octanol–water partition coefficient (Wildman–Crippen LogP) is 5.20. The Hall–Kier alpha value is -3.53. The normalized spacial score (nSPS) is 22.8. The van der Waals surface area contributed by atoms with Crippen LogP contribution in [0.15, 0.2) is 46.4 Å². The number of aliphatic imine (C=N–C) groups is 1. The first kappa shape index (κ1) is 29.9. The molecule has 0 amide bonds. The van der Waals surface area contributed by atoms with E-state index >= 15 is 4.39 Å². The number of piperazine rings is 1. The van der Waals surface area contributed by atoms with Crippen LogP contribution in [0.4, 0.5) is 14.5 Å². The average Bonchev–Trinajstić information content (AvgIpc) is 2.94. The van der Waals surface area contributed by atoms with Crippen LogP contribution in [0.2, 0.25) is 0 Å². The summed E-state index contributed by atoms with van der Waals surface area (Å²) in [5, 5.41) is 6.92. The number of guanidine groups is 1. The number of halogens is 2. The van der Waals surface area contributed by atoms with Gasteiger partial charge in [-0.15, -0.1) is 0 Å². The number of rotatable bonds is 6. The lowest BCUT2D eigenvalue weighted by molar-refractivity contribution is 0.168. The molecule has 0 radical (unpaired) electrons. The van der Waals surface area contributed by atoms with Crippen LogP contribution >= 0.6 is 0 Å². The van der Waals surface area contributed by atoms with E-state index in [1.54, 1.807) is 18.2 Å². The fourth-order valence-corrected chi connectivity index (χ4v) is 6.25. The number of aryl methyl sites for hydroxylation is 2. The molecule has 0 spiro atoms. The molecule has 1 aromatic heterocycles. The van der Waals surface area contributed by atoms with Crippen molar-refractivity contribution in [3.63, 3.8) is 0 Å². The van der Waals surface area contributed by atoms with Crippen LogP contribution in [0, 0.1) is 23.0 Å². The number of ether oxygens (including phenoxy) is 1. The number of aromatic nitrogens is 2. The monoisotopic (exact) mass is 580 g/mol. The van der Waals surface area contributed by atoms with Crippen molar-refractivity contribution in [1.82, 2.24) is 19.8 Å². The number of benzene rings is 2. The van der Waals surface area contributed by atoms with E-state index in [-0.39, 0.29) is 41.7 Å². The minimum Gasteiger partial charge on any atom is -0.497 e. The van der Waals surface area contributed by atoms with E-state index in [1.165, 1.54) is 30.1 Å². The fourth-order valence-electron chi connectivity index (χ4n) is 6.25. The summed E-state index contributed by atoms with van der Waals surface area (Å²) in [6, 6.07) is 7.87. The molecule has 1 aliphatic carbocycles. The summed E-state index contributed by atoms with van der Waals surface area (Å²) in [5.41, 5.74) is 1.01. The van der Waals surface area contributed by atoms with E-state index < -0.39 is 11.6 Å². The van der Waals surface area contributed by atoms with Gasteiger partial charge in [0, 0.05) is 38.3 Å². The summed E-state index contributed by atoms with van der Waals surface area (Å²) in [6.45, 7) is 11.5. The number of hydrogen-bond donors (Lipinski definition) is 2. The Morgan fingerprint density at radius 3 is 2.74 bits per heavy atom.